The van der Waals surface area contributed by atoms with E-state index < -0.39 is 35.8 Å². The van der Waals surface area contributed by atoms with Gasteiger partial charge < -0.3 is 14.2 Å². The number of rotatable bonds is 3. The fraction of sp³-hybridized carbons (Fsp3) is 0.357. The van der Waals surface area contributed by atoms with E-state index in [-0.39, 0.29) is 16.7 Å². The Hall–Kier alpha value is -2.35. The van der Waals surface area contributed by atoms with Crippen molar-refractivity contribution in [2.24, 2.45) is 5.92 Å². The Bertz CT molecular complexity index is 677. The molecule has 1 aliphatic rings. The Morgan fingerprint density at radius 1 is 1.39 bits per heavy atom. The molecule has 1 atom stereocenters. The number of anilines is 1. The molecule has 1 saturated heterocycles. The number of amides is 2. The monoisotopic (exact) mass is 345 g/mol. The van der Waals surface area contributed by atoms with E-state index in [2.05, 4.69) is 4.74 Å². The van der Waals surface area contributed by atoms with Gasteiger partial charge in [-0.05, 0) is 12.0 Å². The molecule has 1 heterocycles. The minimum atomic E-state index is -1.08. The van der Waals surface area contributed by atoms with Crippen molar-refractivity contribution in [3.8, 4) is 5.75 Å². The summed E-state index contributed by atoms with van der Waals surface area (Å²) >= 11 is 5.77. The van der Waals surface area contributed by atoms with E-state index >= 15 is 0 Å². The lowest BCUT2D eigenvalue weighted by Crippen LogP contribution is -2.33. The van der Waals surface area contributed by atoms with Gasteiger partial charge in [0.2, 0.25) is 0 Å². The molecule has 2 amide bonds. The normalized spacial score (nSPS) is 17.5. The summed E-state index contributed by atoms with van der Waals surface area (Å²) in [4.78, 5) is 35.8. The number of hydrogen-bond acceptors (Lipinski definition) is 6. The molecule has 9 heteroatoms. The quantitative estimate of drug-likeness (QED) is 0.618. The van der Waals surface area contributed by atoms with Gasteiger partial charge in [0.1, 0.15) is 5.82 Å². The van der Waals surface area contributed by atoms with Crippen LogP contribution in [0.2, 0.25) is 5.02 Å². The van der Waals surface area contributed by atoms with Crippen molar-refractivity contribution in [2.75, 3.05) is 12.0 Å². The third-order valence-corrected chi connectivity index (χ3v) is 3.38. The summed E-state index contributed by atoms with van der Waals surface area (Å²) in [6.07, 6.45) is -3.11. The van der Waals surface area contributed by atoms with E-state index in [1.54, 1.807) is 13.8 Å². The van der Waals surface area contributed by atoms with Crippen LogP contribution in [0.3, 0.4) is 0 Å². The third kappa shape index (κ3) is 3.21. The van der Waals surface area contributed by atoms with Gasteiger partial charge in [-0.2, -0.15) is 0 Å². The molecule has 1 aromatic rings. The average Bonchev–Trinajstić information content (AvgIpc) is 2.77. The zero-order valence-corrected chi connectivity index (χ0v) is 13.2. The van der Waals surface area contributed by atoms with Crippen LogP contribution in [0.15, 0.2) is 12.1 Å². The van der Waals surface area contributed by atoms with Crippen LogP contribution in [-0.2, 0) is 14.3 Å². The molecule has 0 spiro atoms. The van der Waals surface area contributed by atoms with Crippen LogP contribution < -0.4 is 9.64 Å². The molecule has 1 aromatic carbocycles. The number of hydrogen-bond donors (Lipinski definition) is 0. The molecule has 0 aliphatic carbocycles. The van der Waals surface area contributed by atoms with Crippen molar-refractivity contribution in [3.05, 3.63) is 23.0 Å². The van der Waals surface area contributed by atoms with Gasteiger partial charge in [0.15, 0.2) is 11.9 Å². The van der Waals surface area contributed by atoms with Crippen LogP contribution in [-0.4, -0.2) is 31.4 Å². The smallest absolute Gasteiger partial charge is 0.437 e. The summed E-state index contributed by atoms with van der Waals surface area (Å²) in [5.74, 6) is -2.20. The lowest BCUT2D eigenvalue weighted by Gasteiger charge is -2.15. The zero-order valence-electron chi connectivity index (χ0n) is 12.5. The van der Waals surface area contributed by atoms with Gasteiger partial charge in [-0.1, -0.05) is 25.4 Å². The maximum Gasteiger partial charge on any atom is 0.513 e. The predicted octanol–water partition coefficient (Wildman–Crippen LogP) is 3.13. The summed E-state index contributed by atoms with van der Waals surface area (Å²) in [6.45, 7) is 3.37. The van der Waals surface area contributed by atoms with Crippen molar-refractivity contribution in [2.45, 2.75) is 20.0 Å². The second-order valence-electron chi connectivity index (χ2n) is 5.01. The highest BCUT2D eigenvalue weighted by atomic mass is 35.5. The number of benzene rings is 1. The van der Waals surface area contributed by atoms with Crippen molar-refractivity contribution >= 4 is 35.4 Å². The summed E-state index contributed by atoms with van der Waals surface area (Å²) < 4.78 is 28.1. The Morgan fingerprint density at radius 2 is 2.04 bits per heavy atom. The molecule has 1 aliphatic heterocycles. The Morgan fingerprint density at radius 3 is 2.57 bits per heavy atom. The fourth-order valence-electron chi connectivity index (χ4n) is 1.97. The lowest BCUT2D eigenvalue weighted by atomic mass is 10.1. The van der Waals surface area contributed by atoms with Crippen LogP contribution in [0.25, 0.3) is 0 Å². The van der Waals surface area contributed by atoms with Crippen LogP contribution in [0.5, 0.6) is 5.75 Å². The first-order valence-electron chi connectivity index (χ1n) is 6.55. The Balaban J connectivity index is 2.43. The molecule has 1 unspecified atom stereocenters. The summed E-state index contributed by atoms with van der Waals surface area (Å²) in [5, 5.41) is -0.225. The topological polar surface area (TPSA) is 82.1 Å². The highest BCUT2D eigenvalue weighted by molar-refractivity contribution is 6.32. The number of carbonyl (C=O) groups is 3. The van der Waals surface area contributed by atoms with Gasteiger partial charge in [0, 0.05) is 6.07 Å². The van der Waals surface area contributed by atoms with Crippen molar-refractivity contribution in [1.29, 1.82) is 0 Å². The molecule has 0 saturated carbocycles. The zero-order chi connectivity index (χ0) is 17.3. The maximum absolute atomic E-state index is 14.1. The third-order valence-electron chi connectivity index (χ3n) is 3.08. The SMILES string of the molecule is COC(=O)Oc1cc(N2C(=O)OC(C(C)C)C2=O)c(F)cc1Cl. The largest absolute Gasteiger partial charge is 0.513 e. The number of nitrogens with zero attached hydrogens (tertiary/aromatic N) is 1. The van der Waals surface area contributed by atoms with Crippen LogP contribution in [0.1, 0.15) is 13.8 Å². The molecule has 0 bridgehead atoms. The van der Waals surface area contributed by atoms with E-state index in [0.29, 0.717) is 4.90 Å². The van der Waals surface area contributed by atoms with Gasteiger partial charge in [-0.3, -0.25) is 4.79 Å². The summed E-state index contributed by atoms with van der Waals surface area (Å²) in [7, 11) is 1.08. The van der Waals surface area contributed by atoms with Crippen molar-refractivity contribution in [1.82, 2.24) is 0 Å². The first kappa shape index (κ1) is 17.0. The van der Waals surface area contributed by atoms with Crippen LogP contribution in [0.4, 0.5) is 19.7 Å². The highest BCUT2D eigenvalue weighted by Gasteiger charge is 2.44. The van der Waals surface area contributed by atoms with E-state index in [4.69, 9.17) is 21.1 Å². The maximum atomic E-state index is 14.1. The molecule has 7 nitrogen and oxygen atoms in total. The average molecular weight is 346 g/mol. The van der Waals surface area contributed by atoms with Gasteiger partial charge >= 0.3 is 12.2 Å². The van der Waals surface area contributed by atoms with Crippen molar-refractivity contribution < 1.29 is 33.0 Å². The van der Waals surface area contributed by atoms with Gasteiger partial charge in [0.25, 0.3) is 5.91 Å². The second kappa shape index (κ2) is 6.41. The molecular formula is C14H13ClFNO6. The Kier molecular flexibility index (Phi) is 4.74. The lowest BCUT2D eigenvalue weighted by molar-refractivity contribution is -0.123. The number of carbonyl (C=O) groups excluding carboxylic acids is 3. The first-order chi connectivity index (χ1) is 10.8. The number of imide groups is 1. The number of methoxy groups -OCH3 is 1. The van der Waals surface area contributed by atoms with Gasteiger partial charge in [-0.15, -0.1) is 0 Å². The van der Waals surface area contributed by atoms with E-state index in [9.17, 15) is 18.8 Å². The first-order valence-corrected chi connectivity index (χ1v) is 6.93. The van der Waals surface area contributed by atoms with Gasteiger partial charge in [-0.25, -0.2) is 18.9 Å². The molecule has 124 valence electrons. The molecule has 0 aromatic heterocycles. The minimum Gasteiger partial charge on any atom is -0.437 e. The van der Waals surface area contributed by atoms with Crippen LogP contribution >= 0.6 is 11.6 Å². The predicted molar refractivity (Wildman–Crippen MR) is 77.0 cm³/mol. The number of cyclic esters (lactones) is 1. The standard InChI is InChI=1S/C14H13ClFNO6/c1-6(2)11-12(18)17(13(19)23-11)9-5-10(22-14(20)21-3)7(15)4-8(9)16/h4-6,11H,1-3H3. The summed E-state index contributed by atoms with van der Waals surface area (Å²) in [5.41, 5.74) is -0.425. The van der Waals surface area contributed by atoms with E-state index in [1.807, 2.05) is 0 Å². The van der Waals surface area contributed by atoms with Gasteiger partial charge in [0.05, 0.1) is 17.8 Å². The fourth-order valence-corrected chi connectivity index (χ4v) is 2.16. The molecular weight excluding hydrogens is 333 g/mol. The molecule has 23 heavy (non-hydrogen) atoms. The van der Waals surface area contributed by atoms with Crippen molar-refractivity contribution in [3.63, 3.8) is 0 Å². The summed E-state index contributed by atoms with van der Waals surface area (Å²) in [6, 6.07) is 1.77. The number of ether oxygens (including phenoxy) is 3. The number of halogens is 2. The molecule has 0 radical (unpaired) electrons. The molecule has 1 fully saturated rings. The highest BCUT2D eigenvalue weighted by Crippen LogP contribution is 2.35. The molecule has 0 N–H and O–H groups in total. The minimum absolute atomic E-state index is 0.225. The van der Waals surface area contributed by atoms with Crippen LogP contribution in [0, 0.1) is 11.7 Å². The molecule has 2 rings (SSSR count). The Labute approximate surface area is 135 Å². The van der Waals surface area contributed by atoms with E-state index in [0.717, 1.165) is 19.2 Å². The second-order valence-corrected chi connectivity index (χ2v) is 5.42. The van der Waals surface area contributed by atoms with E-state index in [1.165, 1.54) is 0 Å².